The van der Waals surface area contributed by atoms with E-state index in [9.17, 15) is 4.39 Å². The molecule has 3 nitrogen and oxygen atoms in total. The van der Waals surface area contributed by atoms with Gasteiger partial charge >= 0.3 is 0 Å². The van der Waals surface area contributed by atoms with Gasteiger partial charge in [-0.2, -0.15) is 0 Å². The molecule has 1 saturated heterocycles. The number of halogens is 2. The van der Waals surface area contributed by atoms with Crippen LogP contribution in [0.3, 0.4) is 0 Å². The second kappa shape index (κ2) is 7.33. The monoisotopic (exact) mass is 330 g/mol. The number of ether oxygens (including phenoxy) is 1. The van der Waals surface area contributed by atoms with Crippen LogP contribution in [0.4, 0.5) is 4.39 Å². The quantitative estimate of drug-likeness (QED) is 0.897. The molecular formula is C14H20BrFN2O. The van der Waals surface area contributed by atoms with Crippen molar-refractivity contribution in [2.45, 2.75) is 19.5 Å². The first-order chi connectivity index (χ1) is 9.15. The molecule has 0 radical (unpaired) electrons. The van der Waals surface area contributed by atoms with Gasteiger partial charge in [0.15, 0.2) is 0 Å². The lowest BCUT2D eigenvalue weighted by Gasteiger charge is -2.29. The third-order valence-corrected chi connectivity index (χ3v) is 3.88. The fraction of sp³-hybridized carbons (Fsp3) is 0.571. The maximum absolute atomic E-state index is 13.1. The molecule has 1 N–H and O–H groups in total. The standard InChI is InChI=1S/C14H20BrFN2O/c1-11(10-18-4-6-19-7-5-18)17-9-12-2-3-14(16)13(15)8-12/h2-3,8,11,17H,4-7,9-10H2,1H3. The number of morpholine rings is 1. The van der Waals surface area contributed by atoms with Gasteiger partial charge in [0.25, 0.3) is 0 Å². The maximum Gasteiger partial charge on any atom is 0.137 e. The Labute approximate surface area is 122 Å². The molecule has 1 atom stereocenters. The highest BCUT2D eigenvalue weighted by Gasteiger charge is 2.13. The molecule has 1 aromatic carbocycles. The van der Waals surface area contributed by atoms with Crippen LogP contribution in [-0.4, -0.2) is 43.8 Å². The first-order valence-electron chi connectivity index (χ1n) is 6.62. The van der Waals surface area contributed by atoms with Crippen LogP contribution in [0.15, 0.2) is 22.7 Å². The average Bonchev–Trinajstić information content (AvgIpc) is 2.41. The minimum Gasteiger partial charge on any atom is -0.379 e. The number of rotatable bonds is 5. The van der Waals surface area contributed by atoms with Crippen LogP contribution in [0.25, 0.3) is 0 Å². The van der Waals surface area contributed by atoms with Crippen molar-refractivity contribution in [2.75, 3.05) is 32.8 Å². The summed E-state index contributed by atoms with van der Waals surface area (Å²) in [6.07, 6.45) is 0. The normalized spacial score (nSPS) is 18.5. The Morgan fingerprint density at radius 1 is 1.42 bits per heavy atom. The zero-order valence-electron chi connectivity index (χ0n) is 11.2. The minimum atomic E-state index is -0.217. The Hall–Kier alpha value is -0.490. The van der Waals surface area contributed by atoms with Gasteiger partial charge in [0.1, 0.15) is 5.82 Å². The van der Waals surface area contributed by atoms with Crippen LogP contribution >= 0.6 is 15.9 Å². The summed E-state index contributed by atoms with van der Waals surface area (Å²) in [6, 6.07) is 5.54. The van der Waals surface area contributed by atoms with Gasteiger partial charge in [0.2, 0.25) is 0 Å². The van der Waals surface area contributed by atoms with Crippen molar-refractivity contribution in [3.63, 3.8) is 0 Å². The summed E-state index contributed by atoms with van der Waals surface area (Å²) in [6.45, 7) is 7.63. The Morgan fingerprint density at radius 3 is 2.84 bits per heavy atom. The first kappa shape index (κ1) is 14.9. The molecule has 1 fully saturated rings. The van der Waals surface area contributed by atoms with E-state index in [0.717, 1.165) is 45.0 Å². The molecule has 0 aliphatic carbocycles. The number of hydrogen-bond donors (Lipinski definition) is 1. The first-order valence-corrected chi connectivity index (χ1v) is 7.42. The average molecular weight is 331 g/mol. The van der Waals surface area contributed by atoms with E-state index >= 15 is 0 Å². The topological polar surface area (TPSA) is 24.5 Å². The number of nitrogens with zero attached hydrogens (tertiary/aromatic N) is 1. The van der Waals surface area contributed by atoms with Gasteiger partial charge in [-0.1, -0.05) is 6.07 Å². The highest BCUT2D eigenvalue weighted by atomic mass is 79.9. The van der Waals surface area contributed by atoms with Gasteiger partial charge in [-0.3, -0.25) is 4.90 Å². The van der Waals surface area contributed by atoms with E-state index in [4.69, 9.17) is 4.74 Å². The molecule has 1 aliphatic heterocycles. The molecule has 0 amide bonds. The molecule has 2 rings (SSSR count). The molecule has 0 saturated carbocycles. The van der Waals surface area contributed by atoms with E-state index in [-0.39, 0.29) is 5.82 Å². The minimum absolute atomic E-state index is 0.217. The lowest BCUT2D eigenvalue weighted by Crippen LogP contribution is -2.44. The maximum atomic E-state index is 13.1. The van der Waals surface area contributed by atoms with Crippen molar-refractivity contribution in [2.24, 2.45) is 0 Å². The Bertz CT molecular complexity index is 410. The van der Waals surface area contributed by atoms with Gasteiger partial charge in [-0.05, 0) is 40.5 Å². The second-order valence-corrected chi connectivity index (χ2v) is 5.80. The third-order valence-electron chi connectivity index (χ3n) is 3.27. The third kappa shape index (κ3) is 4.84. The molecule has 1 heterocycles. The van der Waals surface area contributed by atoms with Crippen LogP contribution in [0.1, 0.15) is 12.5 Å². The highest BCUT2D eigenvalue weighted by Crippen LogP contribution is 2.16. The van der Waals surface area contributed by atoms with Crippen LogP contribution in [-0.2, 0) is 11.3 Å². The number of nitrogens with one attached hydrogen (secondary N) is 1. The molecular weight excluding hydrogens is 311 g/mol. The molecule has 1 unspecified atom stereocenters. The molecule has 0 bridgehead atoms. The summed E-state index contributed by atoms with van der Waals surface area (Å²) in [7, 11) is 0. The van der Waals surface area contributed by atoms with Crippen molar-refractivity contribution in [1.29, 1.82) is 0 Å². The molecule has 106 valence electrons. The molecule has 1 aliphatic rings. The van der Waals surface area contributed by atoms with Crippen molar-refractivity contribution < 1.29 is 9.13 Å². The SMILES string of the molecule is CC(CN1CCOCC1)NCc1ccc(F)c(Br)c1. The van der Waals surface area contributed by atoms with Crippen LogP contribution in [0.2, 0.25) is 0 Å². The van der Waals surface area contributed by atoms with Crippen LogP contribution in [0, 0.1) is 5.82 Å². The lowest BCUT2D eigenvalue weighted by molar-refractivity contribution is 0.0343. The van der Waals surface area contributed by atoms with Gasteiger partial charge < -0.3 is 10.1 Å². The fourth-order valence-electron chi connectivity index (χ4n) is 2.18. The molecule has 1 aromatic rings. The Kier molecular flexibility index (Phi) is 5.76. The largest absolute Gasteiger partial charge is 0.379 e. The van der Waals surface area contributed by atoms with Crippen molar-refractivity contribution in [3.8, 4) is 0 Å². The van der Waals surface area contributed by atoms with Crippen molar-refractivity contribution in [1.82, 2.24) is 10.2 Å². The molecule has 0 spiro atoms. The summed E-state index contributed by atoms with van der Waals surface area (Å²) < 4.78 is 19.0. The van der Waals surface area contributed by atoms with E-state index < -0.39 is 0 Å². The van der Waals surface area contributed by atoms with E-state index in [2.05, 4.69) is 33.1 Å². The summed E-state index contributed by atoms with van der Waals surface area (Å²) in [5.74, 6) is -0.217. The Morgan fingerprint density at radius 2 is 2.16 bits per heavy atom. The second-order valence-electron chi connectivity index (χ2n) is 4.94. The zero-order chi connectivity index (χ0) is 13.7. The van der Waals surface area contributed by atoms with Gasteiger partial charge in [-0.25, -0.2) is 4.39 Å². The number of hydrogen-bond acceptors (Lipinski definition) is 3. The van der Waals surface area contributed by atoms with Gasteiger partial charge in [-0.15, -0.1) is 0 Å². The Balaban J connectivity index is 1.75. The van der Waals surface area contributed by atoms with E-state index in [1.807, 2.05) is 12.1 Å². The highest BCUT2D eigenvalue weighted by molar-refractivity contribution is 9.10. The summed E-state index contributed by atoms with van der Waals surface area (Å²) in [4.78, 5) is 2.40. The van der Waals surface area contributed by atoms with E-state index in [1.54, 1.807) is 0 Å². The van der Waals surface area contributed by atoms with Crippen molar-refractivity contribution >= 4 is 15.9 Å². The predicted octanol–water partition coefficient (Wildman–Crippen LogP) is 2.40. The predicted molar refractivity (Wildman–Crippen MR) is 77.7 cm³/mol. The smallest absolute Gasteiger partial charge is 0.137 e. The summed E-state index contributed by atoms with van der Waals surface area (Å²) in [5, 5.41) is 3.47. The summed E-state index contributed by atoms with van der Waals surface area (Å²) >= 11 is 3.21. The van der Waals surface area contributed by atoms with Gasteiger partial charge in [0, 0.05) is 32.2 Å². The number of benzene rings is 1. The van der Waals surface area contributed by atoms with E-state index in [1.165, 1.54) is 6.07 Å². The molecule has 0 aromatic heterocycles. The molecule has 5 heteroatoms. The van der Waals surface area contributed by atoms with Gasteiger partial charge in [0.05, 0.1) is 17.7 Å². The lowest BCUT2D eigenvalue weighted by atomic mass is 10.2. The van der Waals surface area contributed by atoms with Crippen molar-refractivity contribution in [3.05, 3.63) is 34.1 Å². The fourth-order valence-corrected chi connectivity index (χ4v) is 2.60. The molecule has 19 heavy (non-hydrogen) atoms. The zero-order valence-corrected chi connectivity index (χ0v) is 12.7. The summed E-state index contributed by atoms with van der Waals surface area (Å²) in [5.41, 5.74) is 1.09. The van der Waals surface area contributed by atoms with E-state index in [0.29, 0.717) is 10.5 Å². The van der Waals surface area contributed by atoms with Crippen LogP contribution < -0.4 is 5.32 Å². The van der Waals surface area contributed by atoms with Crippen LogP contribution in [0.5, 0.6) is 0 Å².